The molecule has 0 radical (unpaired) electrons. The van der Waals surface area contributed by atoms with Crippen molar-refractivity contribution in [1.29, 1.82) is 0 Å². The number of anilines is 1. The number of non-ortho nitro benzene ring substituents is 1. The first-order valence-electron chi connectivity index (χ1n) is 9.10. The van der Waals surface area contributed by atoms with Crippen LogP contribution < -0.4 is 13.8 Å². The summed E-state index contributed by atoms with van der Waals surface area (Å²) in [7, 11) is -2.84. The third kappa shape index (κ3) is 5.19. The number of hydrogen-bond donors (Lipinski definition) is 0. The van der Waals surface area contributed by atoms with Gasteiger partial charge in [0.15, 0.2) is 6.61 Å². The molecular formula is C21H17FN2O7S. The Labute approximate surface area is 182 Å². The zero-order chi connectivity index (χ0) is 23.3. The van der Waals surface area contributed by atoms with Crippen molar-refractivity contribution in [3.8, 4) is 11.5 Å². The van der Waals surface area contributed by atoms with E-state index in [4.69, 9.17) is 9.47 Å². The van der Waals surface area contributed by atoms with E-state index in [9.17, 15) is 27.7 Å². The molecule has 0 aromatic heterocycles. The van der Waals surface area contributed by atoms with Crippen LogP contribution in [-0.2, 0) is 14.8 Å². The Hall–Kier alpha value is -3.99. The van der Waals surface area contributed by atoms with Crippen LogP contribution in [0.1, 0.15) is 0 Å². The second kappa shape index (κ2) is 9.43. The van der Waals surface area contributed by atoms with Gasteiger partial charge in [-0.25, -0.2) is 17.6 Å². The molecule has 3 rings (SSSR count). The predicted molar refractivity (Wildman–Crippen MR) is 113 cm³/mol. The van der Waals surface area contributed by atoms with Crippen LogP contribution in [0.4, 0.5) is 15.8 Å². The number of ether oxygens (including phenoxy) is 2. The van der Waals surface area contributed by atoms with Gasteiger partial charge in [-0.05, 0) is 48.5 Å². The molecule has 32 heavy (non-hydrogen) atoms. The Morgan fingerprint density at radius 3 is 2.19 bits per heavy atom. The van der Waals surface area contributed by atoms with Crippen LogP contribution in [0.2, 0.25) is 0 Å². The van der Waals surface area contributed by atoms with Crippen molar-refractivity contribution in [1.82, 2.24) is 0 Å². The van der Waals surface area contributed by atoms with E-state index in [0.29, 0.717) is 0 Å². The summed E-state index contributed by atoms with van der Waals surface area (Å²) in [4.78, 5) is 21.6. The average molecular weight is 460 g/mol. The van der Waals surface area contributed by atoms with Gasteiger partial charge in [-0.1, -0.05) is 12.1 Å². The molecule has 0 aliphatic heterocycles. The average Bonchev–Trinajstić information content (AvgIpc) is 2.78. The number of benzene rings is 3. The van der Waals surface area contributed by atoms with Crippen LogP contribution in [0.5, 0.6) is 11.5 Å². The molecule has 0 N–H and O–H groups in total. The molecule has 0 amide bonds. The molecule has 0 aliphatic rings. The van der Waals surface area contributed by atoms with Crippen molar-refractivity contribution < 1.29 is 32.0 Å². The minimum Gasteiger partial charge on any atom is -0.482 e. The van der Waals surface area contributed by atoms with Crippen LogP contribution in [0.15, 0.2) is 77.7 Å². The summed E-state index contributed by atoms with van der Waals surface area (Å²) >= 11 is 0. The fourth-order valence-corrected chi connectivity index (χ4v) is 3.89. The van der Waals surface area contributed by atoms with E-state index in [1.165, 1.54) is 73.8 Å². The van der Waals surface area contributed by atoms with E-state index in [2.05, 4.69) is 0 Å². The molecule has 0 atom stereocenters. The normalized spacial score (nSPS) is 10.9. The summed E-state index contributed by atoms with van der Waals surface area (Å²) in [5.74, 6) is -1.20. The molecular weight excluding hydrogens is 443 g/mol. The maximum atomic E-state index is 13.9. The first-order chi connectivity index (χ1) is 15.2. The maximum Gasteiger partial charge on any atom is 0.349 e. The van der Waals surface area contributed by atoms with Crippen LogP contribution in [-0.4, -0.2) is 33.0 Å². The van der Waals surface area contributed by atoms with E-state index in [1.54, 1.807) is 0 Å². The second-order valence-electron chi connectivity index (χ2n) is 6.41. The monoisotopic (exact) mass is 460 g/mol. The van der Waals surface area contributed by atoms with Crippen molar-refractivity contribution in [2.45, 2.75) is 4.90 Å². The summed E-state index contributed by atoms with van der Waals surface area (Å²) in [6.45, 7) is -0.443. The van der Waals surface area contributed by atoms with Crippen LogP contribution in [0.3, 0.4) is 0 Å². The van der Waals surface area contributed by atoms with E-state index in [0.717, 1.165) is 10.4 Å². The third-order valence-electron chi connectivity index (χ3n) is 4.31. The zero-order valence-electron chi connectivity index (χ0n) is 16.7. The first-order valence-corrected chi connectivity index (χ1v) is 10.5. The number of hydrogen-bond acceptors (Lipinski definition) is 7. The van der Waals surface area contributed by atoms with Gasteiger partial charge in [0, 0.05) is 19.2 Å². The molecule has 0 heterocycles. The Kier molecular flexibility index (Phi) is 6.69. The van der Waals surface area contributed by atoms with Gasteiger partial charge in [-0.15, -0.1) is 0 Å². The molecule has 3 aromatic rings. The van der Waals surface area contributed by atoms with Gasteiger partial charge in [0.2, 0.25) is 0 Å². The molecule has 0 spiro atoms. The molecule has 0 bridgehead atoms. The standard InChI is InChI=1S/C21H17FN2O7S/c1-23(32(28,29)20-5-3-2-4-19(20)22)15-6-12-18(13-7-15)31-21(25)14-30-17-10-8-16(9-11-17)24(26)27/h2-13H,14H2,1H3. The summed E-state index contributed by atoms with van der Waals surface area (Å²) < 4.78 is 50.5. The second-order valence-corrected chi connectivity index (χ2v) is 8.35. The lowest BCUT2D eigenvalue weighted by Crippen LogP contribution is -2.27. The fraction of sp³-hybridized carbons (Fsp3) is 0.0952. The number of esters is 1. The first kappa shape index (κ1) is 22.7. The van der Waals surface area contributed by atoms with Gasteiger partial charge >= 0.3 is 5.97 Å². The van der Waals surface area contributed by atoms with Crippen molar-refractivity contribution >= 4 is 27.4 Å². The summed E-state index contributed by atoms with van der Waals surface area (Å²) in [5.41, 5.74) is 0.122. The van der Waals surface area contributed by atoms with Crippen molar-refractivity contribution in [2.24, 2.45) is 0 Å². The molecule has 3 aromatic carbocycles. The summed E-state index contributed by atoms with van der Waals surface area (Å²) in [6.07, 6.45) is 0. The number of rotatable bonds is 8. The highest BCUT2D eigenvalue weighted by Crippen LogP contribution is 2.26. The zero-order valence-corrected chi connectivity index (χ0v) is 17.5. The van der Waals surface area contributed by atoms with Gasteiger partial charge in [-0.3, -0.25) is 14.4 Å². The largest absolute Gasteiger partial charge is 0.482 e. The van der Waals surface area contributed by atoms with E-state index < -0.39 is 38.2 Å². The van der Waals surface area contributed by atoms with Gasteiger partial charge in [0.05, 0.1) is 10.6 Å². The van der Waals surface area contributed by atoms with Crippen molar-refractivity contribution in [2.75, 3.05) is 18.0 Å². The summed E-state index contributed by atoms with van der Waals surface area (Å²) in [5, 5.41) is 10.6. The van der Waals surface area contributed by atoms with Crippen molar-refractivity contribution in [3.63, 3.8) is 0 Å². The number of nitro groups is 1. The number of sulfonamides is 1. The molecule has 0 saturated heterocycles. The Bertz CT molecular complexity index is 1230. The minimum absolute atomic E-state index is 0.109. The van der Waals surface area contributed by atoms with Gasteiger partial charge in [0.25, 0.3) is 15.7 Å². The third-order valence-corrected chi connectivity index (χ3v) is 6.13. The van der Waals surface area contributed by atoms with E-state index >= 15 is 0 Å². The maximum absolute atomic E-state index is 13.9. The lowest BCUT2D eigenvalue weighted by atomic mass is 10.3. The molecule has 0 aliphatic carbocycles. The summed E-state index contributed by atoms with van der Waals surface area (Å²) in [6, 6.07) is 15.8. The molecule has 0 saturated carbocycles. The number of carbonyl (C=O) groups is 1. The smallest absolute Gasteiger partial charge is 0.349 e. The van der Waals surface area contributed by atoms with Gasteiger partial charge in [0.1, 0.15) is 22.2 Å². The van der Waals surface area contributed by atoms with Crippen molar-refractivity contribution in [3.05, 3.63) is 88.7 Å². The topological polar surface area (TPSA) is 116 Å². The van der Waals surface area contributed by atoms with Crippen LogP contribution in [0, 0.1) is 15.9 Å². The molecule has 11 heteroatoms. The van der Waals surface area contributed by atoms with Crippen LogP contribution >= 0.6 is 0 Å². The molecule has 0 unspecified atom stereocenters. The lowest BCUT2D eigenvalue weighted by Gasteiger charge is -2.20. The quantitative estimate of drug-likeness (QED) is 0.218. The molecule has 0 fully saturated rings. The van der Waals surface area contributed by atoms with E-state index in [-0.39, 0.29) is 22.9 Å². The highest BCUT2D eigenvalue weighted by Gasteiger charge is 2.24. The lowest BCUT2D eigenvalue weighted by molar-refractivity contribution is -0.384. The number of carbonyl (C=O) groups excluding carboxylic acids is 1. The molecule has 166 valence electrons. The van der Waals surface area contributed by atoms with E-state index in [1.807, 2.05) is 0 Å². The fourth-order valence-electron chi connectivity index (χ4n) is 2.63. The Morgan fingerprint density at radius 1 is 1.00 bits per heavy atom. The van der Waals surface area contributed by atoms with Gasteiger partial charge in [-0.2, -0.15) is 0 Å². The molecule has 9 nitrogen and oxygen atoms in total. The Balaban J connectivity index is 1.61. The SMILES string of the molecule is CN(c1ccc(OC(=O)COc2ccc([N+](=O)[O-])cc2)cc1)S(=O)(=O)c1ccccc1F. The van der Waals surface area contributed by atoms with Gasteiger partial charge < -0.3 is 9.47 Å². The highest BCUT2D eigenvalue weighted by atomic mass is 32.2. The number of halogens is 1. The number of nitrogens with zero attached hydrogens (tertiary/aromatic N) is 2. The Morgan fingerprint density at radius 2 is 1.59 bits per heavy atom. The highest BCUT2D eigenvalue weighted by molar-refractivity contribution is 7.92. The minimum atomic E-state index is -4.12. The predicted octanol–water partition coefficient (Wildman–Crippen LogP) is 3.54. The number of nitro benzene ring substituents is 1. The van der Waals surface area contributed by atoms with Crippen LogP contribution in [0.25, 0.3) is 0 Å².